The number of aromatic nitrogens is 1. The third-order valence-corrected chi connectivity index (χ3v) is 6.87. The highest BCUT2D eigenvalue weighted by Gasteiger charge is 2.53. The van der Waals surface area contributed by atoms with Crippen molar-refractivity contribution in [3.63, 3.8) is 0 Å². The lowest BCUT2D eigenvalue weighted by Crippen LogP contribution is -2.70. The Kier molecular flexibility index (Phi) is 11.6. The molecule has 0 radical (unpaired) electrons. The van der Waals surface area contributed by atoms with E-state index in [2.05, 4.69) is 15.5 Å². The van der Waals surface area contributed by atoms with Crippen molar-refractivity contribution in [2.24, 2.45) is 5.16 Å². The van der Waals surface area contributed by atoms with Crippen LogP contribution in [0.15, 0.2) is 22.3 Å². The topological polar surface area (TPSA) is 155 Å². The number of nitrogens with one attached hydrogen (secondary N) is 1. The second kappa shape index (κ2) is 14.0. The van der Waals surface area contributed by atoms with Crippen molar-refractivity contribution < 1.29 is 33.4 Å². The highest BCUT2D eigenvalue weighted by Crippen LogP contribution is 2.38. The number of β-lactam (4-membered cyclic amide) rings is 1. The molecule has 2 atom stereocenters. The van der Waals surface area contributed by atoms with Gasteiger partial charge in [-0.2, -0.15) is 0 Å². The molecule has 3 N–H and O–H groups in total. The van der Waals surface area contributed by atoms with E-state index in [-0.39, 0.29) is 60.1 Å². The van der Waals surface area contributed by atoms with Gasteiger partial charge < -0.3 is 30.1 Å². The predicted molar refractivity (Wildman–Crippen MR) is 142 cm³/mol. The zero-order valence-corrected chi connectivity index (χ0v) is 23.6. The number of anilines is 1. The molecule has 2 amide bonds. The molecule has 0 aromatic carbocycles. The smallest absolute Gasteiger partial charge is 0.355 e. The number of nitrogens with two attached hydrogens (primary N) is 1. The fourth-order valence-corrected chi connectivity index (χ4v) is 5.10. The number of halogens is 1. The first-order valence-corrected chi connectivity index (χ1v) is 13.3. The molecule has 206 valence electrons. The second-order valence-electron chi connectivity index (χ2n) is 8.46. The summed E-state index contributed by atoms with van der Waals surface area (Å²) in [5, 5.41) is 7.76. The highest BCUT2D eigenvalue weighted by molar-refractivity contribution is 8.00. The van der Waals surface area contributed by atoms with Crippen molar-refractivity contribution in [1.29, 1.82) is 0 Å². The summed E-state index contributed by atoms with van der Waals surface area (Å²) < 4.78 is 16.8. The van der Waals surface area contributed by atoms with Crippen LogP contribution in [0.3, 0.4) is 0 Å². The number of thioether (sulfide) groups is 1. The van der Waals surface area contributed by atoms with E-state index in [1.807, 2.05) is 27.7 Å². The number of oxime groups is 1. The SMILES string of the molecule is CON=C(C(=O)NC1C(=O)N2C(C(=O)OC(COC(C)C)COC(C)C)=CCS[C@@H]12)c1csc(N)n1.Cl. The van der Waals surface area contributed by atoms with Gasteiger partial charge in [0.15, 0.2) is 10.8 Å². The van der Waals surface area contributed by atoms with Crippen LogP contribution in [0.25, 0.3) is 0 Å². The van der Waals surface area contributed by atoms with Crippen LogP contribution >= 0.6 is 35.5 Å². The Bertz CT molecular complexity index is 1020. The summed E-state index contributed by atoms with van der Waals surface area (Å²) >= 11 is 2.56. The molecule has 0 bridgehead atoms. The number of nitrogen functional groups attached to an aromatic ring is 1. The Morgan fingerprint density at radius 2 is 1.89 bits per heavy atom. The van der Waals surface area contributed by atoms with Crippen molar-refractivity contribution in [2.45, 2.75) is 57.4 Å². The molecule has 0 saturated carbocycles. The minimum absolute atomic E-state index is 0. The molecule has 37 heavy (non-hydrogen) atoms. The maximum atomic E-state index is 13.0. The Hall–Kier alpha value is -2.39. The molecule has 1 unspecified atom stereocenters. The lowest BCUT2D eigenvalue weighted by molar-refractivity contribution is -0.161. The standard InChI is InChI=1S/C22H31N5O7S2.ClH/c1-11(2)32-8-13(9-33-12(3)4)34-21(30)15-6-7-35-20-17(19(29)27(15)20)25-18(28)16(26-31-5)14-10-36-22(23)24-14;/h6,10-13,17,20H,7-9H2,1-5H3,(H2,23,24)(H,25,28);1H/t17?,20-;/m0./s1. The number of fused-ring (bicyclic) bond motifs is 1. The molecule has 3 rings (SSSR count). The molecule has 1 fully saturated rings. The summed E-state index contributed by atoms with van der Waals surface area (Å²) in [6.45, 7) is 7.85. The third kappa shape index (κ3) is 7.80. The number of hydrogen-bond acceptors (Lipinski definition) is 12. The molecule has 0 aliphatic carbocycles. The first kappa shape index (κ1) is 30.8. The molecule has 1 aromatic rings. The molecule has 3 heterocycles. The van der Waals surface area contributed by atoms with Crippen molar-refractivity contribution >= 4 is 64.1 Å². The van der Waals surface area contributed by atoms with E-state index < -0.39 is 35.3 Å². The van der Waals surface area contributed by atoms with Crippen molar-refractivity contribution in [3.8, 4) is 0 Å². The summed E-state index contributed by atoms with van der Waals surface area (Å²) in [5.74, 6) is -1.27. The van der Waals surface area contributed by atoms with Gasteiger partial charge in [-0.25, -0.2) is 9.78 Å². The Balaban J connectivity index is 0.00000481. The average Bonchev–Trinajstić information content (AvgIpc) is 3.27. The number of rotatable bonds is 12. The van der Waals surface area contributed by atoms with E-state index in [0.29, 0.717) is 5.75 Å². The fraction of sp³-hybridized carbons (Fsp3) is 0.591. The first-order chi connectivity index (χ1) is 17.1. The van der Waals surface area contributed by atoms with Crippen LogP contribution in [-0.4, -0.2) is 89.2 Å². The monoisotopic (exact) mass is 577 g/mol. The number of nitrogens with zero attached hydrogens (tertiary/aromatic N) is 3. The van der Waals surface area contributed by atoms with Crippen molar-refractivity contribution in [2.75, 3.05) is 31.8 Å². The van der Waals surface area contributed by atoms with Crippen LogP contribution in [0.4, 0.5) is 5.13 Å². The first-order valence-electron chi connectivity index (χ1n) is 11.3. The number of ether oxygens (including phenoxy) is 3. The van der Waals surface area contributed by atoms with Crippen molar-refractivity contribution in [1.82, 2.24) is 15.2 Å². The van der Waals surface area contributed by atoms with E-state index in [0.717, 1.165) is 11.3 Å². The van der Waals surface area contributed by atoms with Crippen molar-refractivity contribution in [3.05, 3.63) is 22.8 Å². The quantitative estimate of drug-likeness (QED) is 0.162. The average molecular weight is 578 g/mol. The predicted octanol–water partition coefficient (Wildman–Crippen LogP) is 1.54. The maximum absolute atomic E-state index is 13.0. The Labute approximate surface area is 229 Å². The number of amides is 2. The highest BCUT2D eigenvalue weighted by atomic mass is 35.5. The number of carbonyl (C=O) groups excluding carboxylic acids is 3. The molecule has 12 nitrogen and oxygen atoms in total. The summed E-state index contributed by atoms with van der Waals surface area (Å²) in [5.41, 5.74) is 5.92. The van der Waals surface area contributed by atoms with E-state index in [9.17, 15) is 14.4 Å². The van der Waals surface area contributed by atoms with Crippen LogP contribution < -0.4 is 11.1 Å². The molecule has 2 aliphatic rings. The van der Waals surface area contributed by atoms with Gasteiger partial charge in [-0.1, -0.05) is 5.16 Å². The molecule has 2 aliphatic heterocycles. The van der Waals surface area contributed by atoms with Crippen LogP contribution in [-0.2, 0) is 33.4 Å². The second-order valence-corrected chi connectivity index (χ2v) is 10.5. The fourth-order valence-electron chi connectivity index (χ4n) is 3.36. The molecule has 15 heteroatoms. The van der Waals surface area contributed by atoms with Gasteiger partial charge in [-0.05, 0) is 33.8 Å². The van der Waals surface area contributed by atoms with Gasteiger partial charge in [0.2, 0.25) is 0 Å². The largest absolute Gasteiger partial charge is 0.453 e. The van der Waals surface area contributed by atoms with E-state index >= 15 is 0 Å². The maximum Gasteiger partial charge on any atom is 0.355 e. The van der Waals surface area contributed by atoms with E-state index in [4.69, 9.17) is 24.8 Å². The zero-order chi connectivity index (χ0) is 26.4. The summed E-state index contributed by atoms with van der Waals surface area (Å²) in [4.78, 5) is 49.0. The zero-order valence-electron chi connectivity index (χ0n) is 21.2. The summed E-state index contributed by atoms with van der Waals surface area (Å²) in [6.07, 6.45) is 0.905. The van der Waals surface area contributed by atoms with Gasteiger partial charge in [0.05, 0.1) is 25.4 Å². The van der Waals surface area contributed by atoms with Gasteiger partial charge in [0, 0.05) is 11.1 Å². The molecular formula is C22H32ClN5O7S2. The number of thiazole rings is 1. The Morgan fingerprint density at radius 1 is 1.24 bits per heavy atom. The van der Waals surface area contributed by atoms with Gasteiger partial charge in [0.1, 0.15) is 36.0 Å². The molecular weight excluding hydrogens is 546 g/mol. The minimum Gasteiger partial charge on any atom is -0.453 e. The summed E-state index contributed by atoms with van der Waals surface area (Å²) in [7, 11) is 1.30. The van der Waals surface area contributed by atoms with Gasteiger partial charge in [-0.15, -0.1) is 35.5 Å². The van der Waals surface area contributed by atoms with Gasteiger partial charge >= 0.3 is 5.97 Å². The van der Waals surface area contributed by atoms with Crippen LogP contribution in [0, 0.1) is 0 Å². The van der Waals surface area contributed by atoms with Gasteiger partial charge in [0.25, 0.3) is 11.8 Å². The van der Waals surface area contributed by atoms with Crippen LogP contribution in [0.2, 0.25) is 0 Å². The third-order valence-electron chi connectivity index (χ3n) is 5.01. The Morgan fingerprint density at radius 3 is 2.43 bits per heavy atom. The minimum atomic E-state index is -0.860. The molecule has 1 aromatic heterocycles. The lowest BCUT2D eigenvalue weighted by atomic mass is 10.0. The van der Waals surface area contributed by atoms with Crippen LogP contribution in [0.5, 0.6) is 0 Å². The molecule has 0 spiro atoms. The van der Waals surface area contributed by atoms with E-state index in [1.165, 1.54) is 23.8 Å². The number of carbonyl (C=O) groups is 3. The molecule has 1 saturated heterocycles. The van der Waals surface area contributed by atoms with E-state index in [1.54, 1.807) is 11.5 Å². The number of esters is 1. The van der Waals surface area contributed by atoms with Crippen LogP contribution in [0.1, 0.15) is 33.4 Å². The van der Waals surface area contributed by atoms with Gasteiger partial charge in [-0.3, -0.25) is 14.5 Å². The summed E-state index contributed by atoms with van der Waals surface area (Å²) in [6, 6.07) is -0.860. The normalized spacial score (nSPS) is 19.2. The number of hydrogen-bond donors (Lipinski definition) is 2. The lowest BCUT2D eigenvalue weighted by Gasteiger charge is -2.48.